The molecule has 0 atom stereocenters. The molecule has 2 rings (SSSR count). The highest BCUT2D eigenvalue weighted by Gasteiger charge is 2.52. The lowest BCUT2D eigenvalue weighted by molar-refractivity contribution is -0.145. The second-order valence-electron chi connectivity index (χ2n) is 6.61. The highest BCUT2D eigenvalue weighted by atomic mass is 16.3. The predicted octanol–water partition coefficient (Wildman–Crippen LogP) is 1.87. The van der Waals surface area contributed by atoms with Crippen molar-refractivity contribution in [1.29, 1.82) is 0 Å². The molecule has 0 aromatic heterocycles. The molecular weight excluding hydrogens is 252 g/mol. The first kappa shape index (κ1) is 15.8. The molecule has 116 valence electrons. The van der Waals surface area contributed by atoms with E-state index >= 15 is 0 Å². The molecule has 1 heterocycles. The van der Waals surface area contributed by atoms with E-state index in [1.165, 1.54) is 0 Å². The van der Waals surface area contributed by atoms with E-state index in [9.17, 15) is 9.90 Å². The summed E-state index contributed by atoms with van der Waals surface area (Å²) in [6, 6.07) is 0. The van der Waals surface area contributed by atoms with E-state index in [4.69, 9.17) is 0 Å². The van der Waals surface area contributed by atoms with Crippen LogP contribution in [0.15, 0.2) is 0 Å². The van der Waals surface area contributed by atoms with Crippen molar-refractivity contribution in [2.45, 2.75) is 58.0 Å². The maximum absolute atomic E-state index is 12.4. The van der Waals surface area contributed by atoms with Crippen molar-refractivity contribution < 1.29 is 9.90 Å². The number of nitrogens with zero attached hydrogens (tertiary/aromatic N) is 2. The van der Waals surface area contributed by atoms with Crippen LogP contribution in [0, 0.1) is 5.92 Å². The number of likely N-dealkylation sites (tertiary alicyclic amines) is 1. The first-order valence-electron chi connectivity index (χ1n) is 8.31. The summed E-state index contributed by atoms with van der Waals surface area (Å²) in [6.45, 7) is 7.97. The van der Waals surface area contributed by atoms with Crippen LogP contribution in [0.3, 0.4) is 0 Å². The molecule has 1 aliphatic heterocycles. The largest absolute Gasteiger partial charge is 0.387 e. The summed E-state index contributed by atoms with van der Waals surface area (Å²) in [5, 5.41) is 10.3. The smallest absolute Gasteiger partial charge is 0.236 e. The second-order valence-corrected chi connectivity index (χ2v) is 6.61. The molecule has 2 fully saturated rings. The van der Waals surface area contributed by atoms with Gasteiger partial charge in [-0.15, -0.1) is 0 Å². The molecule has 1 N–H and O–H groups in total. The van der Waals surface area contributed by atoms with Gasteiger partial charge in [0.25, 0.3) is 0 Å². The topological polar surface area (TPSA) is 43.8 Å². The lowest BCUT2D eigenvalue weighted by atomic mass is 9.89. The quantitative estimate of drug-likeness (QED) is 0.702. The molecule has 0 spiro atoms. The second kappa shape index (κ2) is 6.90. The highest BCUT2D eigenvalue weighted by Crippen LogP contribution is 2.44. The van der Waals surface area contributed by atoms with E-state index in [0.717, 1.165) is 51.6 Å². The summed E-state index contributed by atoms with van der Waals surface area (Å²) in [4.78, 5) is 16.5. The maximum atomic E-state index is 12.4. The molecular formula is C16H30N2O2. The normalized spacial score (nSPS) is 21.6. The summed E-state index contributed by atoms with van der Waals surface area (Å²) in [7, 11) is 0. The van der Waals surface area contributed by atoms with Crippen molar-refractivity contribution in [3.8, 4) is 0 Å². The number of rotatable bonds is 9. The number of aliphatic hydroxyl groups is 1. The molecule has 0 radical (unpaired) electrons. The molecule has 0 bridgehead atoms. The molecule has 0 unspecified atom stereocenters. The van der Waals surface area contributed by atoms with Gasteiger partial charge in [-0.2, -0.15) is 0 Å². The predicted molar refractivity (Wildman–Crippen MR) is 80.5 cm³/mol. The minimum absolute atomic E-state index is 0.241. The van der Waals surface area contributed by atoms with Crippen LogP contribution < -0.4 is 0 Å². The Bertz CT molecular complexity index is 314. The van der Waals surface area contributed by atoms with Crippen LogP contribution >= 0.6 is 0 Å². The van der Waals surface area contributed by atoms with Gasteiger partial charge in [-0.3, -0.25) is 9.69 Å². The number of carbonyl (C=O) groups excluding carboxylic acids is 1. The summed E-state index contributed by atoms with van der Waals surface area (Å²) in [5.41, 5.74) is -0.474. The Balaban J connectivity index is 1.73. The highest BCUT2D eigenvalue weighted by molar-refractivity contribution is 5.78. The van der Waals surface area contributed by atoms with Crippen LogP contribution in [0.25, 0.3) is 0 Å². The molecule has 1 amide bonds. The zero-order valence-electron chi connectivity index (χ0n) is 13.1. The first-order valence-corrected chi connectivity index (χ1v) is 8.31. The van der Waals surface area contributed by atoms with E-state index < -0.39 is 5.60 Å². The number of hydrogen-bond donors (Lipinski definition) is 1. The average molecular weight is 282 g/mol. The van der Waals surface area contributed by atoms with Crippen molar-refractivity contribution in [2.75, 3.05) is 32.7 Å². The van der Waals surface area contributed by atoms with Crippen molar-refractivity contribution in [1.82, 2.24) is 9.80 Å². The van der Waals surface area contributed by atoms with Crippen molar-refractivity contribution in [2.24, 2.45) is 5.92 Å². The van der Waals surface area contributed by atoms with Gasteiger partial charge in [-0.05, 0) is 31.6 Å². The third kappa shape index (κ3) is 3.95. The third-order valence-electron chi connectivity index (χ3n) is 4.61. The zero-order chi connectivity index (χ0) is 14.6. The Morgan fingerprint density at radius 2 is 1.75 bits per heavy atom. The van der Waals surface area contributed by atoms with Crippen LogP contribution in [0.1, 0.15) is 52.4 Å². The van der Waals surface area contributed by atoms with Crippen LogP contribution in [0.5, 0.6) is 0 Å². The number of unbranched alkanes of at least 4 members (excludes halogenated alkanes) is 2. The van der Waals surface area contributed by atoms with Gasteiger partial charge in [-0.25, -0.2) is 0 Å². The van der Waals surface area contributed by atoms with Crippen LogP contribution in [0.2, 0.25) is 0 Å². The average Bonchev–Trinajstić information content (AvgIpc) is 3.21. The summed E-state index contributed by atoms with van der Waals surface area (Å²) >= 11 is 0. The minimum Gasteiger partial charge on any atom is -0.387 e. The Kier molecular flexibility index (Phi) is 5.44. The van der Waals surface area contributed by atoms with Gasteiger partial charge in [0, 0.05) is 26.2 Å². The van der Waals surface area contributed by atoms with Crippen LogP contribution in [0.4, 0.5) is 0 Å². The van der Waals surface area contributed by atoms with Gasteiger partial charge in [0.1, 0.15) is 0 Å². The molecule has 20 heavy (non-hydrogen) atoms. The van der Waals surface area contributed by atoms with Gasteiger partial charge in [0.05, 0.1) is 12.1 Å². The molecule has 0 aromatic carbocycles. The molecule has 1 aliphatic carbocycles. The summed E-state index contributed by atoms with van der Waals surface area (Å²) in [6.07, 6.45) is 6.75. The molecule has 4 nitrogen and oxygen atoms in total. The monoisotopic (exact) mass is 282 g/mol. The third-order valence-corrected chi connectivity index (χ3v) is 4.61. The van der Waals surface area contributed by atoms with Crippen LogP contribution in [-0.2, 0) is 4.79 Å². The van der Waals surface area contributed by atoms with E-state index in [1.807, 2.05) is 4.90 Å². The minimum atomic E-state index is -0.474. The van der Waals surface area contributed by atoms with Gasteiger partial charge in [0.2, 0.25) is 5.91 Å². The fraction of sp³-hybridized carbons (Fsp3) is 0.938. The number of β-amino-alcohol motifs (C(OH)–C–C–N with tert-alkyl or cyclic N) is 1. The molecule has 0 aromatic rings. The lowest BCUT2D eigenvalue weighted by Gasteiger charge is -2.47. The Labute approximate surface area is 123 Å². The number of amides is 1. The Hall–Kier alpha value is -0.610. The molecule has 1 saturated carbocycles. The molecule has 1 saturated heterocycles. The van der Waals surface area contributed by atoms with E-state index in [1.54, 1.807) is 0 Å². The number of hydrogen-bond acceptors (Lipinski definition) is 3. The van der Waals surface area contributed by atoms with E-state index in [-0.39, 0.29) is 5.91 Å². The Morgan fingerprint density at radius 3 is 2.20 bits per heavy atom. The van der Waals surface area contributed by atoms with Gasteiger partial charge >= 0.3 is 0 Å². The van der Waals surface area contributed by atoms with Crippen molar-refractivity contribution >= 4 is 5.91 Å². The van der Waals surface area contributed by atoms with Gasteiger partial charge in [0.15, 0.2) is 0 Å². The van der Waals surface area contributed by atoms with E-state index in [2.05, 4.69) is 18.7 Å². The maximum Gasteiger partial charge on any atom is 0.236 e. The van der Waals surface area contributed by atoms with E-state index in [0.29, 0.717) is 25.6 Å². The molecule has 4 heteroatoms. The van der Waals surface area contributed by atoms with Gasteiger partial charge in [-0.1, -0.05) is 26.7 Å². The zero-order valence-corrected chi connectivity index (χ0v) is 13.1. The standard InChI is InChI=1S/C16H30N2O2/c1-3-5-9-18(10-6-4-2)15(19)11-17-12-16(20,13-17)14-7-8-14/h14,20H,3-13H2,1-2H3. The Morgan fingerprint density at radius 1 is 1.20 bits per heavy atom. The molecule has 2 aliphatic rings. The summed E-state index contributed by atoms with van der Waals surface area (Å²) < 4.78 is 0. The first-order chi connectivity index (χ1) is 9.59. The lowest BCUT2D eigenvalue weighted by Crippen LogP contribution is -2.64. The fourth-order valence-corrected chi connectivity index (χ4v) is 3.07. The fourth-order valence-electron chi connectivity index (χ4n) is 3.07. The van der Waals surface area contributed by atoms with Crippen molar-refractivity contribution in [3.63, 3.8) is 0 Å². The van der Waals surface area contributed by atoms with Crippen molar-refractivity contribution in [3.05, 3.63) is 0 Å². The number of carbonyl (C=O) groups is 1. The SMILES string of the molecule is CCCCN(CCCC)C(=O)CN1CC(O)(C2CC2)C1. The summed E-state index contributed by atoms with van der Waals surface area (Å²) in [5.74, 6) is 0.745. The van der Waals surface area contributed by atoms with Gasteiger partial charge < -0.3 is 10.0 Å². The van der Waals surface area contributed by atoms with Crippen LogP contribution in [-0.4, -0.2) is 59.1 Å².